The third-order valence-electron chi connectivity index (χ3n) is 4.51. The Morgan fingerprint density at radius 2 is 1.66 bits per heavy atom. The first-order valence-electron chi connectivity index (χ1n) is 9.17. The number of benzene rings is 2. The van der Waals surface area contributed by atoms with Crippen molar-refractivity contribution in [3.8, 4) is 0 Å². The Morgan fingerprint density at radius 3 is 2.21 bits per heavy atom. The predicted molar refractivity (Wildman–Crippen MR) is 102 cm³/mol. The molecule has 0 radical (unpaired) electrons. The molecular formula is C21H20F3N3O2. The highest BCUT2D eigenvalue weighted by Crippen LogP contribution is 2.39. The van der Waals surface area contributed by atoms with Crippen LogP contribution in [0.15, 0.2) is 65.7 Å². The molecule has 1 atom stereocenters. The standard InChI is InChI=1S/C21H20F3N3O2/c1-2-9-17(28)25-20(21(22,23)24)19(29)27(14-15-10-5-3-6-11-15)18(26-20)16-12-7-4-8-13-16/h3-8,10-13H,2,9,14H2,1H3,(H,25,28)/t20-/m1/s1. The normalized spacial score (nSPS) is 19.2. The van der Waals surface area contributed by atoms with Crippen LogP contribution in [0, 0.1) is 0 Å². The minimum absolute atomic E-state index is 0.102. The van der Waals surface area contributed by atoms with Gasteiger partial charge in [-0.2, -0.15) is 13.2 Å². The van der Waals surface area contributed by atoms with Gasteiger partial charge in [-0.3, -0.25) is 14.5 Å². The summed E-state index contributed by atoms with van der Waals surface area (Å²) in [4.78, 5) is 29.9. The molecule has 1 aliphatic rings. The molecule has 8 heteroatoms. The highest BCUT2D eigenvalue weighted by Gasteiger charge is 2.67. The summed E-state index contributed by atoms with van der Waals surface area (Å²) in [5.74, 6) is -2.33. The van der Waals surface area contributed by atoms with Gasteiger partial charge < -0.3 is 5.32 Å². The molecule has 2 amide bonds. The van der Waals surface area contributed by atoms with E-state index in [2.05, 4.69) is 4.99 Å². The van der Waals surface area contributed by atoms with E-state index in [1.165, 1.54) is 0 Å². The lowest BCUT2D eigenvalue weighted by molar-refractivity contribution is -0.200. The van der Waals surface area contributed by atoms with E-state index in [1.54, 1.807) is 67.6 Å². The van der Waals surface area contributed by atoms with E-state index in [4.69, 9.17) is 0 Å². The van der Waals surface area contributed by atoms with Crippen molar-refractivity contribution >= 4 is 17.6 Å². The largest absolute Gasteiger partial charge is 0.442 e. The molecule has 152 valence electrons. The quantitative estimate of drug-likeness (QED) is 0.800. The van der Waals surface area contributed by atoms with Crippen molar-refractivity contribution in [2.24, 2.45) is 4.99 Å². The topological polar surface area (TPSA) is 61.8 Å². The van der Waals surface area contributed by atoms with Crippen LogP contribution >= 0.6 is 0 Å². The van der Waals surface area contributed by atoms with Crippen molar-refractivity contribution in [1.82, 2.24) is 10.2 Å². The average molecular weight is 403 g/mol. The van der Waals surface area contributed by atoms with Gasteiger partial charge in [0.15, 0.2) is 0 Å². The second-order valence-electron chi connectivity index (χ2n) is 6.68. The van der Waals surface area contributed by atoms with Crippen LogP contribution in [0.25, 0.3) is 0 Å². The molecule has 0 saturated heterocycles. The summed E-state index contributed by atoms with van der Waals surface area (Å²) in [6.07, 6.45) is -4.89. The van der Waals surface area contributed by atoms with Gasteiger partial charge in [-0.05, 0) is 12.0 Å². The number of amides is 2. The molecule has 0 unspecified atom stereocenters. The fourth-order valence-corrected chi connectivity index (χ4v) is 3.11. The molecule has 0 bridgehead atoms. The molecule has 0 aromatic heterocycles. The van der Waals surface area contributed by atoms with E-state index < -0.39 is 23.7 Å². The van der Waals surface area contributed by atoms with Crippen LogP contribution in [0.5, 0.6) is 0 Å². The van der Waals surface area contributed by atoms with Gasteiger partial charge in [0.2, 0.25) is 5.91 Å². The maximum Gasteiger partial charge on any atom is 0.442 e. The molecule has 0 aliphatic carbocycles. The minimum Gasteiger partial charge on any atom is -0.316 e. The van der Waals surface area contributed by atoms with Gasteiger partial charge in [-0.25, -0.2) is 4.99 Å². The summed E-state index contributed by atoms with van der Waals surface area (Å²) < 4.78 is 42.3. The number of hydrogen-bond acceptors (Lipinski definition) is 3. The fourth-order valence-electron chi connectivity index (χ4n) is 3.11. The maximum atomic E-state index is 14.1. The summed E-state index contributed by atoms with van der Waals surface area (Å²) in [6.45, 7) is 1.56. The Labute approximate surface area is 166 Å². The van der Waals surface area contributed by atoms with Crippen LogP contribution in [0.2, 0.25) is 0 Å². The zero-order valence-corrected chi connectivity index (χ0v) is 15.7. The second-order valence-corrected chi connectivity index (χ2v) is 6.68. The summed E-state index contributed by atoms with van der Waals surface area (Å²) in [6, 6.07) is 16.8. The van der Waals surface area contributed by atoms with E-state index in [1.807, 2.05) is 5.32 Å². The Hall–Kier alpha value is -3.16. The van der Waals surface area contributed by atoms with E-state index >= 15 is 0 Å². The van der Waals surface area contributed by atoms with Gasteiger partial charge in [0, 0.05) is 12.0 Å². The van der Waals surface area contributed by atoms with Crippen molar-refractivity contribution in [2.45, 2.75) is 38.1 Å². The number of carbonyl (C=O) groups is 2. The highest BCUT2D eigenvalue weighted by molar-refractivity contribution is 6.16. The predicted octanol–water partition coefficient (Wildman–Crippen LogP) is 3.65. The zero-order chi connectivity index (χ0) is 21.1. The number of rotatable bonds is 6. The molecule has 2 aromatic carbocycles. The summed E-state index contributed by atoms with van der Waals surface area (Å²) in [7, 11) is 0. The third-order valence-corrected chi connectivity index (χ3v) is 4.51. The number of hydrogen-bond donors (Lipinski definition) is 1. The molecule has 1 aliphatic heterocycles. The first-order valence-corrected chi connectivity index (χ1v) is 9.17. The smallest absolute Gasteiger partial charge is 0.316 e. The number of carbonyl (C=O) groups excluding carboxylic acids is 2. The molecule has 1 N–H and O–H groups in total. The van der Waals surface area contributed by atoms with Crippen molar-refractivity contribution in [1.29, 1.82) is 0 Å². The number of nitrogens with one attached hydrogen (secondary N) is 1. The van der Waals surface area contributed by atoms with Gasteiger partial charge in [-0.15, -0.1) is 0 Å². The van der Waals surface area contributed by atoms with Gasteiger partial charge in [-0.1, -0.05) is 67.6 Å². The molecule has 1 heterocycles. The van der Waals surface area contributed by atoms with Crippen LogP contribution in [0.4, 0.5) is 13.2 Å². The van der Waals surface area contributed by atoms with Crippen molar-refractivity contribution < 1.29 is 22.8 Å². The average Bonchev–Trinajstić information content (AvgIpc) is 2.97. The van der Waals surface area contributed by atoms with Crippen molar-refractivity contribution in [3.63, 3.8) is 0 Å². The van der Waals surface area contributed by atoms with Crippen LogP contribution in [-0.2, 0) is 16.1 Å². The first-order chi connectivity index (χ1) is 13.8. The first kappa shape index (κ1) is 20.6. The van der Waals surface area contributed by atoms with E-state index in [0.29, 0.717) is 17.5 Å². The molecule has 5 nitrogen and oxygen atoms in total. The summed E-state index contributed by atoms with van der Waals surface area (Å²) in [5, 5.41) is 1.86. The highest BCUT2D eigenvalue weighted by atomic mass is 19.4. The maximum absolute atomic E-state index is 14.1. The monoisotopic (exact) mass is 403 g/mol. The lowest BCUT2D eigenvalue weighted by atomic mass is 10.1. The Morgan fingerprint density at radius 1 is 1.07 bits per heavy atom. The molecule has 2 aromatic rings. The van der Waals surface area contributed by atoms with Crippen LogP contribution < -0.4 is 5.32 Å². The Balaban J connectivity index is 2.10. The molecule has 0 spiro atoms. The van der Waals surface area contributed by atoms with E-state index in [9.17, 15) is 22.8 Å². The number of nitrogens with zero attached hydrogens (tertiary/aromatic N) is 2. The van der Waals surface area contributed by atoms with Crippen LogP contribution in [-0.4, -0.2) is 34.4 Å². The Kier molecular flexibility index (Phi) is 5.72. The van der Waals surface area contributed by atoms with Crippen molar-refractivity contribution in [2.75, 3.05) is 0 Å². The summed E-state index contributed by atoms with van der Waals surface area (Å²) >= 11 is 0. The zero-order valence-electron chi connectivity index (χ0n) is 15.7. The minimum atomic E-state index is -5.10. The number of amidine groups is 1. The van der Waals surface area contributed by atoms with Crippen molar-refractivity contribution in [3.05, 3.63) is 71.8 Å². The van der Waals surface area contributed by atoms with Crippen LogP contribution in [0.3, 0.4) is 0 Å². The molecule has 3 rings (SSSR count). The van der Waals surface area contributed by atoms with Gasteiger partial charge >= 0.3 is 11.8 Å². The summed E-state index contributed by atoms with van der Waals surface area (Å²) in [5.41, 5.74) is -2.34. The third kappa shape index (κ3) is 4.01. The lowest BCUT2D eigenvalue weighted by Crippen LogP contribution is -2.63. The van der Waals surface area contributed by atoms with E-state index in [-0.39, 0.29) is 18.8 Å². The number of alkyl halides is 3. The van der Waals surface area contributed by atoms with Gasteiger partial charge in [0.1, 0.15) is 5.84 Å². The Bertz CT molecular complexity index is 914. The van der Waals surface area contributed by atoms with Crippen LogP contribution in [0.1, 0.15) is 30.9 Å². The van der Waals surface area contributed by atoms with Gasteiger partial charge in [0.05, 0.1) is 6.54 Å². The number of aliphatic imine (C=N–C) groups is 1. The molecular weight excluding hydrogens is 383 g/mol. The van der Waals surface area contributed by atoms with E-state index in [0.717, 1.165) is 4.90 Å². The molecule has 0 saturated carbocycles. The fraction of sp³-hybridized carbons (Fsp3) is 0.286. The van der Waals surface area contributed by atoms with Gasteiger partial charge in [0.25, 0.3) is 5.91 Å². The number of halogens is 3. The second kappa shape index (κ2) is 8.06. The SMILES string of the molecule is CCCC(=O)N[C@@]1(C(F)(F)F)N=C(c2ccccc2)N(Cc2ccccc2)C1=O. The molecule has 29 heavy (non-hydrogen) atoms. The lowest BCUT2D eigenvalue weighted by Gasteiger charge is -2.29. The molecule has 0 fully saturated rings.